The van der Waals surface area contributed by atoms with E-state index in [1.165, 1.54) is 47.7 Å². The molecule has 0 bridgehead atoms. The molecule has 0 spiro atoms. The number of allylic oxidation sites excluding steroid dienone is 2. The largest absolute Gasteiger partial charge is 0.486 e. The number of fused-ring (bicyclic) bond motifs is 2. The van der Waals surface area contributed by atoms with Gasteiger partial charge < -0.3 is 14.6 Å². The number of nitrogens with zero attached hydrogens (tertiary/aromatic N) is 2. The maximum atomic E-state index is 6.26. The Labute approximate surface area is 202 Å². The first-order valence-electron chi connectivity index (χ1n) is 12.7. The highest BCUT2D eigenvalue weighted by Gasteiger charge is 2.16. The molecule has 0 saturated carbocycles. The number of hydrogen-bond donors (Lipinski definition) is 1. The molecule has 5 rings (SSSR count). The maximum Gasteiger partial charge on any atom is 0.147 e. The van der Waals surface area contributed by atoms with Gasteiger partial charge >= 0.3 is 0 Å². The second kappa shape index (κ2) is 10.9. The molecular formula is C30H35N3O. The van der Waals surface area contributed by atoms with Crippen molar-refractivity contribution < 1.29 is 4.74 Å². The number of nitrogens with one attached hydrogen (secondary N) is 1. The maximum absolute atomic E-state index is 6.26. The molecule has 4 heteroatoms. The van der Waals surface area contributed by atoms with E-state index >= 15 is 0 Å². The van der Waals surface area contributed by atoms with Crippen LogP contribution in [-0.4, -0.2) is 22.6 Å². The molecule has 1 N–H and O–H groups in total. The van der Waals surface area contributed by atoms with Crippen LogP contribution in [0.4, 0.5) is 0 Å². The summed E-state index contributed by atoms with van der Waals surface area (Å²) in [4.78, 5) is 5.03. The van der Waals surface area contributed by atoms with Crippen LogP contribution in [0.15, 0.2) is 72.8 Å². The third kappa shape index (κ3) is 5.34. The monoisotopic (exact) mass is 453 g/mol. The number of ether oxygens (including phenoxy) is 1. The van der Waals surface area contributed by atoms with Gasteiger partial charge in [0.05, 0.1) is 11.0 Å². The minimum atomic E-state index is 0.475. The van der Waals surface area contributed by atoms with Gasteiger partial charge in [0, 0.05) is 6.54 Å². The first-order chi connectivity index (χ1) is 16.8. The van der Waals surface area contributed by atoms with Gasteiger partial charge in [0.1, 0.15) is 18.2 Å². The van der Waals surface area contributed by atoms with E-state index < -0.39 is 0 Å². The third-order valence-electron chi connectivity index (χ3n) is 6.94. The highest BCUT2D eigenvalue weighted by Crippen LogP contribution is 2.26. The predicted molar refractivity (Wildman–Crippen MR) is 141 cm³/mol. The summed E-state index contributed by atoms with van der Waals surface area (Å²) in [5.41, 5.74) is 3.52. The summed E-state index contributed by atoms with van der Waals surface area (Å²) in [5.74, 6) is 2.70. The van der Waals surface area contributed by atoms with Crippen molar-refractivity contribution in [1.29, 1.82) is 0 Å². The van der Waals surface area contributed by atoms with Crippen LogP contribution in [-0.2, 0) is 19.6 Å². The van der Waals surface area contributed by atoms with Gasteiger partial charge in [-0.3, -0.25) is 0 Å². The highest BCUT2D eigenvalue weighted by molar-refractivity contribution is 5.95. The summed E-state index contributed by atoms with van der Waals surface area (Å²) in [6, 6.07) is 21.4. The first-order valence-corrected chi connectivity index (χ1v) is 12.7. The molecule has 176 valence electrons. The molecule has 4 nitrogen and oxygen atoms in total. The van der Waals surface area contributed by atoms with Gasteiger partial charge in [0.15, 0.2) is 0 Å². The normalized spacial score (nSPS) is 16.6. The molecular weight excluding hydrogens is 418 g/mol. The zero-order valence-electron chi connectivity index (χ0n) is 20.2. The van der Waals surface area contributed by atoms with Gasteiger partial charge in [0.25, 0.3) is 0 Å². The van der Waals surface area contributed by atoms with Crippen LogP contribution in [0, 0.1) is 5.92 Å². The second-order valence-electron chi connectivity index (χ2n) is 9.43. The molecule has 4 aromatic rings. The summed E-state index contributed by atoms with van der Waals surface area (Å²) < 4.78 is 8.65. The minimum absolute atomic E-state index is 0.475. The van der Waals surface area contributed by atoms with Crippen LogP contribution in [0.1, 0.15) is 44.0 Å². The lowest BCUT2D eigenvalue weighted by atomic mass is 9.95. The Morgan fingerprint density at radius 3 is 2.79 bits per heavy atom. The molecule has 1 saturated heterocycles. The summed E-state index contributed by atoms with van der Waals surface area (Å²) in [6.07, 6.45) is 10.3. The van der Waals surface area contributed by atoms with E-state index in [9.17, 15) is 0 Å². The van der Waals surface area contributed by atoms with Gasteiger partial charge in [-0.05, 0) is 98.6 Å². The Balaban J connectivity index is 1.38. The van der Waals surface area contributed by atoms with Crippen molar-refractivity contribution in [2.24, 2.45) is 5.92 Å². The van der Waals surface area contributed by atoms with E-state index in [-0.39, 0.29) is 0 Å². The molecule has 0 amide bonds. The van der Waals surface area contributed by atoms with E-state index in [1.54, 1.807) is 0 Å². The van der Waals surface area contributed by atoms with Crippen LogP contribution in [0.5, 0.6) is 5.75 Å². The van der Waals surface area contributed by atoms with Crippen molar-refractivity contribution in [3.8, 4) is 5.75 Å². The van der Waals surface area contributed by atoms with Crippen molar-refractivity contribution in [3.63, 3.8) is 0 Å². The van der Waals surface area contributed by atoms with Crippen LogP contribution >= 0.6 is 0 Å². The Morgan fingerprint density at radius 1 is 1.09 bits per heavy atom. The topological polar surface area (TPSA) is 39.1 Å². The fourth-order valence-corrected chi connectivity index (χ4v) is 5.09. The Morgan fingerprint density at radius 2 is 1.97 bits per heavy atom. The Bertz CT molecular complexity index is 1270. The number of piperidine rings is 1. The summed E-state index contributed by atoms with van der Waals surface area (Å²) in [5, 5.41) is 6.05. The van der Waals surface area contributed by atoms with Crippen LogP contribution in [0.2, 0.25) is 0 Å². The summed E-state index contributed by atoms with van der Waals surface area (Å²) in [7, 11) is 0. The lowest BCUT2D eigenvalue weighted by molar-refractivity contribution is 0.287. The average Bonchev–Trinajstić information content (AvgIpc) is 3.22. The smallest absolute Gasteiger partial charge is 0.147 e. The van der Waals surface area contributed by atoms with Crippen molar-refractivity contribution in [2.75, 3.05) is 13.1 Å². The molecule has 1 unspecified atom stereocenters. The number of rotatable bonds is 9. The van der Waals surface area contributed by atoms with Crippen molar-refractivity contribution in [1.82, 2.24) is 14.9 Å². The van der Waals surface area contributed by atoms with Crippen LogP contribution < -0.4 is 10.1 Å². The van der Waals surface area contributed by atoms with Crippen molar-refractivity contribution in [2.45, 2.75) is 52.2 Å². The molecule has 1 aliphatic rings. The SMILES string of the molecule is C/C=C/Cc1cccc(OCc2nc3cc4ccccc4cc3n2CCCC2CCCNC2)c1. The van der Waals surface area contributed by atoms with Crippen molar-refractivity contribution >= 4 is 21.8 Å². The van der Waals surface area contributed by atoms with Crippen LogP contribution in [0.3, 0.4) is 0 Å². The predicted octanol–water partition coefficient (Wildman–Crippen LogP) is 6.67. The summed E-state index contributed by atoms with van der Waals surface area (Å²) in [6.45, 7) is 5.84. The van der Waals surface area contributed by atoms with Crippen molar-refractivity contribution in [3.05, 3.63) is 84.2 Å². The lowest BCUT2D eigenvalue weighted by Crippen LogP contribution is -2.29. The molecule has 1 aliphatic heterocycles. The molecule has 1 fully saturated rings. The number of benzene rings is 3. The standard InChI is InChI=1S/C30H35N3O/c1-2-3-9-23-10-6-15-27(18-23)34-22-30-32-28-19-25-13-4-5-14-26(25)20-29(28)33(30)17-8-12-24-11-7-16-31-21-24/h2-6,10,13-15,18-20,24,31H,7-9,11-12,16-17,21-22H2,1H3/b3-2+. The zero-order valence-corrected chi connectivity index (χ0v) is 20.2. The Hall–Kier alpha value is -3.11. The molecule has 0 aliphatic carbocycles. The van der Waals surface area contributed by atoms with E-state index in [0.29, 0.717) is 6.61 Å². The van der Waals surface area contributed by atoms with Gasteiger partial charge in [-0.15, -0.1) is 0 Å². The minimum Gasteiger partial charge on any atom is -0.486 e. The van der Waals surface area contributed by atoms with E-state index in [4.69, 9.17) is 9.72 Å². The van der Waals surface area contributed by atoms with E-state index in [0.717, 1.165) is 48.9 Å². The number of aryl methyl sites for hydroxylation is 1. The van der Waals surface area contributed by atoms with E-state index in [2.05, 4.69) is 83.6 Å². The molecule has 1 aromatic heterocycles. The fraction of sp³-hybridized carbons (Fsp3) is 0.367. The molecule has 34 heavy (non-hydrogen) atoms. The van der Waals surface area contributed by atoms with Gasteiger partial charge in [-0.1, -0.05) is 48.6 Å². The molecule has 2 heterocycles. The zero-order chi connectivity index (χ0) is 23.2. The second-order valence-corrected chi connectivity index (χ2v) is 9.43. The quantitative estimate of drug-likeness (QED) is 0.288. The molecule has 1 atom stereocenters. The lowest BCUT2D eigenvalue weighted by Gasteiger charge is -2.22. The fourth-order valence-electron chi connectivity index (χ4n) is 5.09. The molecule has 3 aromatic carbocycles. The third-order valence-corrected chi connectivity index (χ3v) is 6.94. The van der Waals surface area contributed by atoms with E-state index in [1.807, 2.05) is 6.07 Å². The number of hydrogen-bond acceptors (Lipinski definition) is 3. The number of imidazole rings is 1. The van der Waals surface area contributed by atoms with Crippen LogP contribution in [0.25, 0.3) is 21.8 Å². The average molecular weight is 454 g/mol. The number of aromatic nitrogens is 2. The summed E-state index contributed by atoms with van der Waals surface area (Å²) >= 11 is 0. The first kappa shape index (κ1) is 22.7. The van der Waals surface area contributed by atoms with Gasteiger partial charge in [0.2, 0.25) is 0 Å². The highest BCUT2D eigenvalue weighted by atomic mass is 16.5. The molecule has 0 radical (unpaired) electrons. The van der Waals surface area contributed by atoms with Gasteiger partial charge in [-0.2, -0.15) is 0 Å². The Kier molecular flexibility index (Phi) is 7.25. The van der Waals surface area contributed by atoms with Gasteiger partial charge in [-0.25, -0.2) is 4.98 Å².